The SMILES string of the molecule is CCCCNC(=O)CN1CCN(c2cc(C(=O)O)c3cc(NS(=O)(=O)c4cccc(C)c4)ccc3n2)CC1. The number of benzene rings is 2. The molecule has 0 radical (unpaired) electrons. The molecule has 38 heavy (non-hydrogen) atoms. The molecule has 10 nitrogen and oxygen atoms in total. The Morgan fingerprint density at radius 3 is 2.50 bits per heavy atom. The molecule has 4 rings (SSSR count). The summed E-state index contributed by atoms with van der Waals surface area (Å²) in [7, 11) is -3.84. The van der Waals surface area contributed by atoms with Gasteiger partial charge in [-0.1, -0.05) is 25.5 Å². The van der Waals surface area contributed by atoms with E-state index in [1.165, 1.54) is 18.2 Å². The Bertz CT molecular complexity index is 1440. The summed E-state index contributed by atoms with van der Waals surface area (Å²) < 4.78 is 28.2. The van der Waals surface area contributed by atoms with E-state index in [0.29, 0.717) is 56.0 Å². The topological polar surface area (TPSA) is 132 Å². The Hall–Kier alpha value is -3.70. The standard InChI is InChI=1S/C27H33N5O5S/c1-3-4-10-28-26(33)18-31-11-13-32(14-12-31)25-17-23(27(34)35)22-16-20(8-9-24(22)29-25)30-38(36,37)21-7-5-6-19(2)15-21/h5-9,15-17,30H,3-4,10-14,18H2,1-2H3,(H,28,33)(H,34,35). The lowest BCUT2D eigenvalue weighted by atomic mass is 10.1. The summed E-state index contributed by atoms with van der Waals surface area (Å²) in [4.78, 5) is 33.2. The Kier molecular flexibility index (Phi) is 8.48. The molecule has 1 aromatic heterocycles. The Morgan fingerprint density at radius 1 is 1.05 bits per heavy atom. The summed E-state index contributed by atoms with van der Waals surface area (Å²) in [5, 5.41) is 13.2. The maximum atomic E-state index is 12.8. The average molecular weight is 540 g/mol. The Balaban J connectivity index is 1.50. The van der Waals surface area contributed by atoms with Crippen LogP contribution in [0.5, 0.6) is 0 Å². The van der Waals surface area contributed by atoms with E-state index in [1.807, 2.05) is 17.9 Å². The van der Waals surface area contributed by atoms with Crippen LogP contribution in [0.4, 0.5) is 11.5 Å². The molecule has 0 unspecified atom stereocenters. The van der Waals surface area contributed by atoms with Crippen LogP contribution in [0, 0.1) is 6.92 Å². The quantitative estimate of drug-likeness (QED) is 0.335. The van der Waals surface area contributed by atoms with Gasteiger partial charge in [0.05, 0.1) is 22.5 Å². The molecule has 0 bridgehead atoms. The van der Waals surface area contributed by atoms with E-state index in [0.717, 1.165) is 18.4 Å². The summed E-state index contributed by atoms with van der Waals surface area (Å²) in [6, 6.07) is 12.8. The molecular weight excluding hydrogens is 506 g/mol. The molecule has 0 aliphatic carbocycles. The molecule has 1 amide bonds. The maximum Gasteiger partial charge on any atom is 0.336 e. The van der Waals surface area contributed by atoms with Crippen molar-refractivity contribution in [3.8, 4) is 0 Å². The van der Waals surface area contributed by atoms with Crippen LogP contribution in [-0.2, 0) is 14.8 Å². The minimum absolute atomic E-state index is 0.0118. The van der Waals surface area contributed by atoms with Crippen molar-refractivity contribution < 1.29 is 23.1 Å². The number of unbranched alkanes of at least 4 members (excludes halogenated alkanes) is 1. The van der Waals surface area contributed by atoms with E-state index in [4.69, 9.17) is 0 Å². The number of hydrogen-bond acceptors (Lipinski definition) is 7. The maximum absolute atomic E-state index is 12.8. The van der Waals surface area contributed by atoms with Gasteiger partial charge in [0, 0.05) is 43.8 Å². The van der Waals surface area contributed by atoms with Crippen LogP contribution < -0.4 is 14.9 Å². The van der Waals surface area contributed by atoms with Crippen molar-refractivity contribution in [2.24, 2.45) is 0 Å². The first-order valence-corrected chi connectivity index (χ1v) is 14.2. The van der Waals surface area contributed by atoms with Gasteiger partial charge in [0.1, 0.15) is 5.82 Å². The number of nitrogens with one attached hydrogen (secondary N) is 2. The number of aryl methyl sites for hydroxylation is 1. The molecule has 3 aromatic rings. The summed E-state index contributed by atoms with van der Waals surface area (Å²) in [6.45, 7) is 7.43. The molecule has 0 spiro atoms. The fourth-order valence-corrected chi connectivity index (χ4v) is 5.56. The first-order valence-electron chi connectivity index (χ1n) is 12.7. The number of pyridine rings is 1. The summed E-state index contributed by atoms with van der Waals surface area (Å²) in [5.74, 6) is -0.576. The zero-order chi connectivity index (χ0) is 27.3. The largest absolute Gasteiger partial charge is 0.478 e. The monoisotopic (exact) mass is 539 g/mol. The van der Waals surface area contributed by atoms with E-state index in [-0.39, 0.29) is 22.1 Å². The number of rotatable bonds is 10. The third-order valence-corrected chi connectivity index (χ3v) is 7.87. The molecule has 2 aromatic carbocycles. The van der Waals surface area contributed by atoms with Gasteiger partial charge in [0.15, 0.2) is 0 Å². The number of aromatic nitrogens is 1. The zero-order valence-corrected chi connectivity index (χ0v) is 22.4. The normalized spacial score (nSPS) is 14.4. The van der Waals surface area contributed by atoms with Gasteiger partial charge < -0.3 is 15.3 Å². The van der Waals surface area contributed by atoms with Crippen molar-refractivity contribution in [2.75, 3.05) is 48.9 Å². The van der Waals surface area contributed by atoms with Crippen LogP contribution in [0.15, 0.2) is 53.4 Å². The predicted molar refractivity (Wildman–Crippen MR) is 147 cm³/mol. The molecule has 202 valence electrons. The summed E-state index contributed by atoms with van der Waals surface area (Å²) in [6.07, 6.45) is 1.99. The van der Waals surface area contributed by atoms with E-state index in [1.54, 1.807) is 24.3 Å². The number of nitrogens with zero attached hydrogens (tertiary/aromatic N) is 3. The molecule has 3 N–H and O–H groups in total. The number of carbonyl (C=O) groups excluding carboxylic acids is 1. The van der Waals surface area contributed by atoms with Crippen molar-refractivity contribution >= 4 is 44.3 Å². The van der Waals surface area contributed by atoms with Crippen LogP contribution in [-0.4, -0.2) is 74.6 Å². The van der Waals surface area contributed by atoms with Crippen LogP contribution in [0.1, 0.15) is 35.7 Å². The first-order chi connectivity index (χ1) is 18.2. The zero-order valence-electron chi connectivity index (χ0n) is 21.6. The van der Waals surface area contributed by atoms with Crippen molar-refractivity contribution in [3.63, 3.8) is 0 Å². The third kappa shape index (κ3) is 6.59. The van der Waals surface area contributed by atoms with Crippen molar-refractivity contribution in [2.45, 2.75) is 31.6 Å². The van der Waals surface area contributed by atoms with Gasteiger partial charge in [-0.2, -0.15) is 0 Å². The van der Waals surface area contributed by atoms with Crippen molar-refractivity contribution in [3.05, 3.63) is 59.7 Å². The van der Waals surface area contributed by atoms with E-state index in [2.05, 4.69) is 26.8 Å². The highest BCUT2D eigenvalue weighted by Crippen LogP contribution is 2.28. The number of aromatic carboxylic acids is 1. The van der Waals surface area contributed by atoms with Crippen LogP contribution in [0.3, 0.4) is 0 Å². The number of hydrogen-bond donors (Lipinski definition) is 3. The molecule has 0 saturated carbocycles. The molecule has 11 heteroatoms. The lowest BCUT2D eigenvalue weighted by molar-refractivity contribution is -0.122. The number of fused-ring (bicyclic) bond motifs is 1. The number of carboxylic acids is 1. The number of carboxylic acid groups (broad SMARTS) is 1. The van der Waals surface area contributed by atoms with Gasteiger partial charge in [0.25, 0.3) is 10.0 Å². The molecule has 2 heterocycles. The van der Waals surface area contributed by atoms with E-state index >= 15 is 0 Å². The lowest BCUT2D eigenvalue weighted by Crippen LogP contribution is -2.49. The van der Waals surface area contributed by atoms with Crippen LogP contribution in [0.25, 0.3) is 10.9 Å². The fraction of sp³-hybridized carbons (Fsp3) is 0.370. The number of anilines is 2. The molecular formula is C27H33N5O5S. The van der Waals surface area contributed by atoms with Gasteiger partial charge in [-0.3, -0.25) is 14.4 Å². The highest BCUT2D eigenvalue weighted by Gasteiger charge is 2.23. The van der Waals surface area contributed by atoms with E-state index < -0.39 is 16.0 Å². The minimum Gasteiger partial charge on any atom is -0.478 e. The second-order valence-electron chi connectivity index (χ2n) is 9.45. The second-order valence-corrected chi connectivity index (χ2v) is 11.1. The fourth-order valence-electron chi connectivity index (χ4n) is 4.41. The Labute approximate surface area is 222 Å². The minimum atomic E-state index is -3.84. The van der Waals surface area contributed by atoms with Crippen molar-refractivity contribution in [1.82, 2.24) is 15.2 Å². The molecule has 1 saturated heterocycles. The Morgan fingerprint density at radius 2 is 1.82 bits per heavy atom. The summed E-state index contributed by atoms with van der Waals surface area (Å²) >= 11 is 0. The average Bonchev–Trinajstić information content (AvgIpc) is 2.88. The highest BCUT2D eigenvalue weighted by molar-refractivity contribution is 7.92. The second kappa shape index (κ2) is 11.8. The predicted octanol–water partition coefficient (Wildman–Crippen LogP) is 3.08. The molecule has 1 fully saturated rings. The third-order valence-electron chi connectivity index (χ3n) is 6.49. The number of sulfonamides is 1. The highest BCUT2D eigenvalue weighted by atomic mass is 32.2. The van der Waals surface area contributed by atoms with E-state index in [9.17, 15) is 23.1 Å². The van der Waals surface area contributed by atoms with Crippen molar-refractivity contribution in [1.29, 1.82) is 0 Å². The molecule has 0 atom stereocenters. The van der Waals surface area contributed by atoms with Gasteiger partial charge >= 0.3 is 5.97 Å². The van der Waals surface area contributed by atoms with Gasteiger partial charge in [-0.05, 0) is 55.3 Å². The van der Waals surface area contributed by atoms with Gasteiger partial charge in [-0.15, -0.1) is 0 Å². The number of amides is 1. The number of carbonyl (C=O) groups is 2. The smallest absolute Gasteiger partial charge is 0.336 e. The molecule has 1 aliphatic heterocycles. The first kappa shape index (κ1) is 27.3. The van der Waals surface area contributed by atoms with Gasteiger partial charge in [-0.25, -0.2) is 18.2 Å². The van der Waals surface area contributed by atoms with Gasteiger partial charge in [0.2, 0.25) is 5.91 Å². The van der Waals surface area contributed by atoms with Crippen LogP contribution >= 0.6 is 0 Å². The summed E-state index contributed by atoms with van der Waals surface area (Å²) in [5.41, 5.74) is 1.56. The lowest BCUT2D eigenvalue weighted by Gasteiger charge is -2.35. The number of piperazine rings is 1. The molecule has 1 aliphatic rings. The van der Waals surface area contributed by atoms with Crippen LogP contribution in [0.2, 0.25) is 0 Å².